The third-order valence-corrected chi connectivity index (χ3v) is 5.86. The molecule has 0 saturated heterocycles. The van der Waals surface area contributed by atoms with Gasteiger partial charge in [-0.3, -0.25) is 14.8 Å². The molecule has 0 saturated carbocycles. The van der Waals surface area contributed by atoms with E-state index in [2.05, 4.69) is 30.6 Å². The normalized spacial score (nSPS) is 10.9. The molecule has 3 aromatic heterocycles. The summed E-state index contributed by atoms with van der Waals surface area (Å²) in [5.41, 5.74) is 2.97. The van der Waals surface area contributed by atoms with Crippen LogP contribution in [0.15, 0.2) is 49.1 Å². The average molecular weight is 467 g/mol. The van der Waals surface area contributed by atoms with Crippen molar-refractivity contribution in [2.75, 3.05) is 18.2 Å². The lowest BCUT2D eigenvalue weighted by molar-refractivity contribution is 0.0964. The van der Waals surface area contributed by atoms with Crippen LogP contribution in [0.25, 0.3) is 22.2 Å². The Hall–Kier alpha value is -3.66. The van der Waals surface area contributed by atoms with Crippen molar-refractivity contribution in [1.29, 1.82) is 0 Å². The Labute approximate surface area is 193 Å². The molecular formula is C23H20F2N6OS. The summed E-state index contributed by atoms with van der Waals surface area (Å²) in [6.45, 7) is 1.60. The average Bonchev–Trinajstić information content (AvgIpc) is 2.84. The lowest BCUT2D eigenvalue weighted by Crippen LogP contribution is -2.18. The molecule has 1 aromatic carbocycles. The number of rotatable bonds is 7. The molecule has 1 amide bonds. The fraction of sp³-hybridized carbons (Fsp3) is 0.174. The molecule has 2 N–H and O–H groups in total. The van der Waals surface area contributed by atoms with Gasteiger partial charge in [-0.1, -0.05) is 6.07 Å². The number of hydrogen-bond acceptors (Lipinski definition) is 7. The van der Waals surface area contributed by atoms with Gasteiger partial charge in [-0.25, -0.2) is 18.7 Å². The van der Waals surface area contributed by atoms with Gasteiger partial charge in [-0.2, -0.15) is 0 Å². The van der Waals surface area contributed by atoms with Crippen LogP contribution < -0.4 is 10.6 Å². The minimum absolute atomic E-state index is 0.210. The van der Waals surface area contributed by atoms with Gasteiger partial charge in [0, 0.05) is 42.2 Å². The van der Waals surface area contributed by atoms with Crippen LogP contribution >= 0.6 is 11.8 Å². The van der Waals surface area contributed by atoms with Crippen molar-refractivity contribution >= 4 is 34.4 Å². The van der Waals surface area contributed by atoms with Gasteiger partial charge in [0.05, 0.1) is 28.3 Å². The minimum atomic E-state index is -0.487. The second-order valence-electron chi connectivity index (χ2n) is 7.12. The van der Waals surface area contributed by atoms with Gasteiger partial charge in [-0.05, 0) is 30.7 Å². The van der Waals surface area contributed by atoms with Gasteiger partial charge >= 0.3 is 0 Å². The number of benzene rings is 1. The molecule has 168 valence electrons. The van der Waals surface area contributed by atoms with Crippen LogP contribution in [0.3, 0.4) is 0 Å². The smallest absolute Gasteiger partial charge is 0.251 e. The maximum absolute atomic E-state index is 14.5. The molecule has 0 radical (unpaired) electrons. The van der Waals surface area contributed by atoms with E-state index in [9.17, 15) is 13.6 Å². The highest BCUT2D eigenvalue weighted by molar-refractivity contribution is 7.98. The van der Waals surface area contributed by atoms with Crippen LogP contribution in [0.1, 0.15) is 21.6 Å². The van der Waals surface area contributed by atoms with Crippen LogP contribution in [0.4, 0.5) is 14.6 Å². The van der Waals surface area contributed by atoms with E-state index in [4.69, 9.17) is 0 Å². The number of pyridine rings is 2. The summed E-state index contributed by atoms with van der Waals surface area (Å²) in [5, 5.41) is 5.93. The molecule has 7 nitrogen and oxygen atoms in total. The Kier molecular flexibility index (Phi) is 6.74. The Bertz CT molecular complexity index is 1330. The summed E-state index contributed by atoms with van der Waals surface area (Å²) in [6.07, 6.45) is 4.47. The standard InChI is InChI=1S/C23H20F2N6OS/c1-13-18(25)7-15(9-28-13)19-8-20(30-11-29-19)31-12-33-10-14-3-4-17(24)21-16(23(32)26-2)5-6-27-22(14)21/h3-9,11H,10,12H2,1-2H3,(H,26,32)(H,29,30,31). The zero-order valence-corrected chi connectivity index (χ0v) is 18.7. The van der Waals surface area contributed by atoms with Gasteiger partial charge in [-0.15, -0.1) is 11.8 Å². The number of nitrogens with one attached hydrogen (secondary N) is 2. The van der Waals surface area contributed by atoms with Crippen LogP contribution in [-0.4, -0.2) is 38.8 Å². The first-order chi connectivity index (χ1) is 16.0. The third-order valence-electron chi connectivity index (χ3n) is 5.00. The van der Waals surface area contributed by atoms with Crippen molar-refractivity contribution in [3.05, 3.63) is 77.5 Å². The number of halogens is 2. The van der Waals surface area contributed by atoms with Crippen molar-refractivity contribution in [2.45, 2.75) is 12.7 Å². The number of aryl methyl sites for hydroxylation is 1. The van der Waals surface area contributed by atoms with Gasteiger partial charge in [0.25, 0.3) is 5.91 Å². The van der Waals surface area contributed by atoms with Crippen molar-refractivity contribution in [3.63, 3.8) is 0 Å². The first-order valence-corrected chi connectivity index (χ1v) is 11.2. The summed E-state index contributed by atoms with van der Waals surface area (Å²) in [5.74, 6) is 0.382. The van der Waals surface area contributed by atoms with E-state index in [1.165, 1.54) is 37.8 Å². The number of hydrogen-bond donors (Lipinski definition) is 2. The summed E-state index contributed by atoms with van der Waals surface area (Å²) in [7, 11) is 1.50. The van der Waals surface area contributed by atoms with E-state index in [1.807, 2.05) is 0 Å². The number of fused-ring (bicyclic) bond motifs is 1. The molecule has 4 rings (SSSR count). The molecule has 33 heavy (non-hydrogen) atoms. The number of carbonyl (C=O) groups is 1. The quantitative estimate of drug-likeness (QED) is 0.309. The SMILES string of the molecule is CNC(=O)c1ccnc2c(CSCNc3cc(-c4cnc(C)c(F)c4)ncn3)ccc(F)c12. The highest BCUT2D eigenvalue weighted by Gasteiger charge is 2.15. The Morgan fingerprint density at radius 3 is 2.70 bits per heavy atom. The molecule has 0 aliphatic rings. The molecule has 0 unspecified atom stereocenters. The minimum Gasteiger partial charge on any atom is -0.361 e. The van der Waals surface area contributed by atoms with Gasteiger partial charge in [0.15, 0.2) is 0 Å². The number of amides is 1. The number of thioether (sulfide) groups is 1. The summed E-state index contributed by atoms with van der Waals surface area (Å²) in [4.78, 5) is 28.8. The van der Waals surface area contributed by atoms with E-state index in [-0.39, 0.29) is 16.9 Å². The highest BCUT2D eigenvalue weighted by atomic mass is 32.2. The second-order valence-corrected chi connectivity index (χ2v) is 8.10. The number of carbonyl (C=O) groups excluding carboxylic acids is 1. The summed E-state index contributed by atoms with van der Waals surface area (Å²) in [6, 6.07) is 7.64. The summed E-state index contributed by atoms with van der Waals surface area (Å²) < 4.78 is 28.3. The molecule has 0 atom stereocenters. The van der Waals surface area contributed by atoms with Crippen molar-refractivity contribution in [1.82, 2.24) is 25.3 Å². The fourth-order valence-corrected chi connectivity index (χ4v) is 4.07. The highest BCUT2D eigenvalue weighted by Crippen LogP contribution is 2.27. The van der Waals surface area contributed by atoms with E-state index >= 15 is 0 Å². The zero-order chi connectivity index (χ0) is 23.4. The van der Waals surface area contributed by atoms with Gasteiger partial charge < -0.3 is 10.6 Å². The third kappa shape index (κ3) is 4.90. The molecular weight excluding hydrogens is 446 g/mol. The largest absolute Gasteiger partial charge is 0.361 e. The van der Waals surface area contributed by atoms with E-state index < -0.39 is 11.6 Å². The van der Waals surface area contributed by atoms with Crippen LogP contribution in [0, 0.1) is 18.6 Å². The lowest BCUT2D eigenvalue weighted by atomic mass is 10.0. The van der Waals surface area contributed by atoms with Crippen molar-refractivity contribution < 1.29 is 13.6 Å². The number of nitrogens with zero attached hydrogens (tertiary/aromatic N) is 4. The molecule has 0 aliphatic carbocycles. The van der Waals surface area contributed by atoms with Crippen LogP contribution in [0.5, 0.6) is 0 Å². The molecule has 0 bridgehead atoms. The molecule has 0 fully saturated rings. The van der Waals surface area contributed by atoms with Crippen LogP contribution in [-0.2, 0) is 5.75 Å². The Balaban J connectivity index is 1.45. The predicted octanol–water partition coefficient (Wildman–Crippen LogP) is 4.34. The van der Waals surface area contributed by atoms with Gasteiger partial charge in [0.2, 0.25) is 0 Å². The maximum atomic E-state index is 14.5. The second kappa shape index (κ2) is 9.86. The zero-order valence-electron chi connectivity index (χ0n) is 17.9. The molecule has 0 aliphatic heterocycles. The Morgan fingerprint density at radius 2 is 1.91 bits per heavy atom. The topological polar surface area (TPSA) is 92.7 Å². The lowest BCUT2D eigenvalue weighted by Gasteiger charge is -2.11. The molecule has 0 spiro atoms. The molecule has 4 aromatic rings. The predicted molar refractivity (Wildman–Crippen MR) is 125 cm³/mol. The first-order valence-electron chi connectivity index (χ1n) is 10.0. The molecule has 3 heterocycles. The van der Waals surface area contributed by atoms with Gasteiger partial charge in [0.1, 0.15) is 23.8 Å². The van der Waals surface area contributed by atoms with E-state index in [0.717, 1.165) is 5.56 Å². The summed E-state index contributed by atoms with van der Waals surface area (Å²) >= 11 is 1.54. The van der Waals surface area contributed by atoms with Crippen molar-refractivity contribution in [3.8, 4) is 11.3 Å². The van der Waals surface area contributed by atoms with Crippen LogP contribution in [0.2, 0.25) is 0 Å². The van der Waals surface area contributed by atoms with E-state index in [0.29, 0.717) is 39.9 Å². The fourth-order valence-electron chi connectivity index (χ4n) is 3.27. The molecule has 10 heteroatoms. The maximum Gasteiger partial charge on any atom is 0.251 e. The number of aromatic nitrogens is 4. The first kappa shape index (κ1) is 22.5. The van der Waals surface area contributed by atoms with E-state index in [1.54, 1.807) is 37.0 Å². The van der Waals surface area contributed by atoms with Crippen molar-refractivity contribution in [2.24, 2.45) is 0 Å². The monoisotopic (exact) mass is 466 g/mol. The number of anilines is 1. The Morgan fingerprint density at radius 1 is 1.06 bits per heavy atom.